The van der Waals surface area contributed by atoms with Gasteiger partial charge in [0.15, 0.2) is 5.82 Å². The molecule has 0 amide bonds. The maximum Gasteiger partial charge on any atom is 0.243 e. The maximum absolute atomic E-state index is 5.91. The summed E-state index contributed by atoms with van der Waals surface area (Å²) in [6.07, 6.45) is 1.95. The minimum Gasteiger partial charge on any atom is -0.338 e. The van der Waals surface area contributed by atoms with Gasteiger partial charge >= 0.3 is 0 Å². The lowest BCUT2D eigenvalue weighted by molar-refractivity contribution is 0.322. The number of nitrogens with zero attached hydrogens (tertiary/aromatic N) is 2. The van der Waals surface area contributed by atoms with Gasteiger partial charge in [-0.3, -0.25) is 0 Å². The molecule has 0 aliphatic carbocycles. The summed E-state index contributed by atoms with van der Waals surface area (Å²) in [7, 11) is 0. The van der Waals surface area contributed by atoms with Crippen LogP contribution in [0.3, 0.4) is 0 Å². The topological polar surface area (TPSA) is 64.9 Å². The minimum atomic E-state index is -0.148. The molecule has 1 unspecified atom stereocenters. The van der Waals surface area contributed by atoms with Crippen molar-refractivity contribution < 1.29 is 4.52 Å². The summed E-state index contributed by atoms with van der Waals surface area (Å²) in [6.45, 7) is 8.45. The molecule has 1 aromatic heterocycles. The fraction of sp³-hybridized carbons (Fsp3) is 0.818. The van der Waals surface area contributed by atoms with E-state index in [4.69, 9.17) is 10.3 Å². The minimum absolute atomic E-state index is 0.148. The maximum atomic E-state index is 5.91. The van der Waals surface area contributed by atoms with Gasteiger partial charge in [0.05, 0.1) is 6.04 Å². The standard InChI is InChI=1S/C11H21N3O/c1-7(2)5-6-9-13-11(15-14-9)10(12)8(3)4/h7-8,10H,5-6,12H2,1-4H3. The monoisotopic (exact) mass is 211 g/mol. The van der Waals surface area contributed by atoms with Gasteiger partial charge < -0.3 is 10.3 Å². The molecule has 0 saturated heterocycles. The molecular weight excluding hydrogens is 190 g/mol. The van der Waals surface area contributed by atoms with E-state index in [1.807, 2.05) is 13.8 Å². The van der Waals surface area contributed by atoms with E-state index in [-0.39, 0.29) is 6.04 Å². The molecule has 0 aliphatic rings. The van der Waals surface area contributed by atoms with Gasteiger partial charge in [0.25, 0.3) is 0 Å². The summed E-state index contributed by atoms with van der Waals surface area (Å²) in [4.78, 5) is 4.30. The van der Waals surface area contributed by atoms with Crippen LogP contribution in [0.1, 0.15) is 51.9 Å². The van der Waals surface area contributed by atoms with Crippen LogP contribution >= 0.6 is 0 Å². The lowest BCUT2D eigenvalue weighted by Crippen LogP contribution is -2.17. The van der Waals surface area contributed by atoms with Crippen LogP contribution in [0.5, 0.6) is 0 Å². The Labute approximate surface area is 91.2 Å². The third-order valence-corrected chi connectivity index (χ3v) is 2.43. The van der Waals surface area contributed by atoms with Crippen LogP contribution in [0.15, 0.2) is 4.52 Å². The molecule has 0 saturated carbocycles. The first-order chi connectivity index (χ1) is 7.00. The van der Waals surface area contributed by atoms with Crippen molar-refractivity contribution in [2.45, 2.75) is 46.6 Å². The van der Waals surface area contributed by atoms with Gasteiger partial charge in [0.2, 0.25) is 5.89 Å². The first-order valence-corrected chi connectivity index (χ1v) is 5.58. The van der Waals surface area contributed by atoms with E-state index in [0.29, 0.717) is 17.7 Å². The number of hydrogen-bond donors (Lipinski definition) is 1. The van der Waals surface area contributed by atoms with Crippen LogP contribution in [0.25, 0.3) is 0 Å². The second-order valence-corrected chi connectivity index (χ2v) is 4.75. The van der Waals surface area contributed by atoms with Gasteiger partial charge in [-0.1, -0.05) is 32.9 Å². The molecule has 0 radical (unpaired) electrons. The van der Waals surface area contributed by atoms with Gasteiger partial charge in [-0.25, -0.2) is 0 Å². The van der Waals surface area contributed by atoms with Crippen molar-refractivity contribution >= 4 is 0 Å². The van der Waals surface area contributed by atoms with Crippen molar-refractivity contribution in [3.8, 4) is 0 Å². The lowest BCUT2D eigenvalue weighted by Gasteiger charge is -2.09. The van der Waals surface area contributed by atoms with E-state index >= 15 is 0 Å². The lowest BCUT2D eigenvalue weighted by atomic mass is 10.1. The molecule has 0 aromatic carbocycles. The molecule has 2 N–H and O–H groups in total. The number of aromatic nitrogens is 2. The van der Waals surface area contributed by atoms with Crippen LogP contribution in [0, 0.1) is 11.8 Å². The summed E-state index contributed by atoms with van der Waals surface area (Å²) in [5.74, 6) is 2.31. The van der Waals surface area contributed by atoms with Crippen molar-refractivity contribution in [1.82, 2.24) is 10.1 Å². The van der Waals surface area contributed by atoms with E-state index < -0.39 is 0 Å². The SMILES string of the molecule is CC(C)CCc1noc(C(N)C(C)C)n1. The van der Waals surface area contributed by atoms with Crippen molar-refractivity contribution in [3.05, 3.63) is 11.7 Å². The average molecular weight is 211 g/mol. The quantitative estimate of drug-likeness (QED) is 0.811. The summed E-state index contributed by atoms with van der Waals surface area (Å²) in [5.41, 5.74) is 5.91. The smallest absolute Gasteiger partial charge is 0.243 e. The largest absolute Gasteiger partial charge is 0.338 e. The van der Waals surface area contributed by atoms with E-state index in [1.165, 1.54) is 0 Å². The van der Waals surface area contributed by atoms with E-state index in [1.54, 1.807) is 0 Å². The number of nitrogens with two attached hydrogens (primary N) is 1. The molecule has 4 nitrogen and oxygen atoms in total. The molecule has 4 heteroatoms. The molecule has 15 heavy (non-hydrogen) atoms. The van der Waals surface area contributed by atoms with Crippen molar-refractivity contribution in [1.29, 1.82) is 0 Å². The van der Waals surface area contributed by atoms with Crippen LogP contribution in [0.2, 0.25) is 0 Å². The van der Waals surface area contributed by atoms with Crippen LogP contribution in [-0.2, 0) is 6.42 Å². The predicted molar refractivity (Wildman–Crippen MR) is 59.2 cm³/mol. The third-order valence-electron chi connectivity index (χ3n) is 2.43. The zero-order chi connectivity index (χ0) is 11.4. The first kappa shape index (κ1) is 12.2. The van der Waals surface area contributed by atoms with E-state index in [9.17, 15) is 0 Å². The molecular formula is C11H21N3O. The zero-order valence-corrected chi connectivity index (χ0v) is 10.0. The van der Waals surface area contributed by atoms with Gasteiger partial charge in [-0.15, -0.1) is 0 Å². The molecule has 0 aliphatic heterocycles. The van der Waals surface area contributed by atoms with Gasteiger partial charge in [-0.05, 0) is 18.3 Å². The second kappa shape index (κ2) is 5.26. The van der Waals surface area contributed by atoms with E-state index in [2.05, 4.69) is 24.0 Å². The fourth-order valence-electron chi connectivity index (χ4n) is 1.21. The normalized spacial score (nSPS) is 13.8. The third kappa shape index (κ3) is 3.63. The highest BCUT2D eigenvalue weighted by Gasteiger charge is 2.17. The molecule has 86 valence electrons. The molecule has 1 aromatic rings. The fourth-order valence-corrected chi connectivity index (χ4v) is 1.21. The number of hydrogen-bond acceptors (Lipinski definition) is 4. The highest BCUT2D eigenvalue weighted by atomic mass is 16.5. The molecule has 1 heterocycles. The Morgan fingerprint density at radius 1 is 1.27 bits per heavy atom. The van der Waals surface area contributed by atoms with E-state index in [0.717, 1.165) is 18.7 Å². The Morgan fingerprint density at radius 3 is 2.47 bits per heavy atom. The Bertz CT molecular complexity index is 294. The van der Waals surface area contributed by atoms with Crippen LogP contribution in [-0.4, -0.2) is 10.1 Å². The molecule has 1 atom stereocenters. The summed E-state index contributed by atoms with van der Waals surface area (Å²) in [6, 6.07) is -0.148. The Hall–Kier alpha value is -0.900. The van der Waals surface area contributed by atoms with Crippen molar-refractivity contribution in [3.63, 3.8) is 0 Å². The van der Waals surface area contributed by atoms with Crippen LogP contribution in [0.4, 0.5) is 0 Å². The van der Waals surface area contributed by atoms with Crippen molar-refractivity contribution in [2.24, 2.45) is 17.6 Å². The molecule has 0 spiro atoms. The number of aryl methyl sites for hydroxylation is 1. The Kier molecular flexibility index (Phi) is 4.27. The second-order valence-electron chi connectivity index (χ2n) is 4.75. The molecule has 0 fully saturated rings. The van der Waals surface area contributed by atoms with Crippen LogP contribution < -0.4 is 5.73 Å². The summed E-state index contributed by atoms with van der Waals surface area (Å²) < 4.78 is 5.13. The Balaban J connectivity index is 2.56. The van der Waals surface area contributed by atoms with Gasteiger partial charge in [0, 0.05) is 6.42 Å². The molecule has 1 rings (SSSR count). The zero-order valence-electron chi connectivity index (χ0n) is 10.0. The Morgan fingerprint density at radius 2 is 1.93 bits per heavy atom. The predicted octanol–water partition coefficient (Wildman–Crippen LogP) is 2.31. The number of rotatable bonds is 5. The first-order valence-electron chi connectivity index (χ1n) is 5.58. The highest BCUT2D eigenvalue weighted by Crippen LogP contribution is 2.17. The summed E-state index contributed by atoms with van der Waals surface area (Å²) >= 11 is 0. The van der Waals surface area contributed by atoms with Crippen molar-refractivity contribution in [2.75, 3.05) is 0 Å². The van der Waals surface area contributed by atoms with Gasteiger partial charge in [0.1, 0.15) is 0 Å². The molecule has 0 bridgehead atoms. The van der Waals surface area contributed by atoms with Gasteiger partial charge in [-0.2, -0.15) is 4.98 Å². The highest BCUT2D eigenvalue weighted by molar-refractivity contribution is 4.93. The summed E-state index contributed by atoms with van der Waals surface area (Å²) in [5, 5.41) is 3.93. The average Bonchev–Trinajstić information content (AvgIpc) is 2.61.